The molecular formula is C27H27ClN4O2. The summed E-state index contributed by atoms with van der Waals surface area (Å²) >= 11 is 6.54. The van der Waals surface area contributed by atoms with Gasteiger partial charge in [-0.15, -0.1) is 0 Å². The molecule has 3 N–H and O–H groups in total. The Kier molecular flexibility index (Phi) is 7.01. The van der Waals surface area contributed by atoms with E-state index in [2.05, 4.69) is 15.2 Å². The third kappa shape index (κ3) is 4.98. The van der Waals surface area contributed by atoms with Gasteiger partial charge in [0.2, 0.25) is 0 Å². The van der Waals surface area contributed by atoms with E-state index in [-0.39, 0.29) is 11.8 Å². The number of fused-ring (bicyclic) bond motifs is 1. The molecule has 4 aromatic rings. The molecule has 7 heteroatoms. The number of nitrogens with zero attached hydrogens (tertiary/aromatic N) is 2. The normalized spacial score (nSPS) is 11.9. The second kappa shape index (κ2) is 10.1. The predicted octanol–water partition coefficient (Wildman–Crippen LogP) is 5.51. The summed E-state index contributed by atoms with van der Waals surface area (Å²) in [5.41, 5.74) is 4.88. The lowest BCUT2D eigenvalue weighted by Gasteiger charge is -2.12. The van der Waals surface area contributed by atoms with E-state index >= 15 is 0 Å². The summed E-state index contributed by atoms with van der Waals surface area (Å²) in [7, 11) is 3.99. The number of carbonyl (C=O) groups excluding carboxylic acids is 1. The third-order valence-electron chi connectivity index (χ3n) is 5.43. The second-order valence-electron chi connectivity index (χ2n) is 8.31. The number of halogens is 1. The van der Waals surface area contributed by atoms with Gasteiger partial charge >= 0.3 is 0 Å². The van der Waals surface area contributed by atoms with Gasteiger partial charge in [0.15, 0.2) is 5.88 Å². The van der Waals surface area contributed by atoms with Gasteiger partial charge in [-0.1, -0.05) is 54.1 Å². The number of aromatic nitrogens is 1. The lowest BCUT2D eigenvalue weighted by molar-refractivity contribution is 0.0956. The molecule has 0 radical (unpaired) electrons. The lowest BCUT2D eigenvalue weighted by Crippen LogP contribution is -2.22. The van der Waals surface area contributed by atoms with E-state index in [4.69, 9.17) is 16.6 Å². The molecule has 3 aromatic carbocycles. The number of H-pyrrole nitrogens is 1. The molecule has 34 heavy (non-hydrogen) atoms. The standard InChI is InChI=1S/C27H27ClN4O2/c1-4-29-26(33)18-11-13-21-23(14-18)31-27(34)24(21)25(17-8-6-5-7-9-17)30-20-12-10-19(16-32(2)3)22(28)15-20/h5-15,31,34H,4,16H2,1-3H3,(H,29,33). The van der Waals surface area contributed by atoms with Gasteiger partial charge in [0.25, 0.3) is 5.91 Å². The van der Waals surface area contributed by atoms with Gasteiger partial charge in [-0.05, 0) is 50.8 Å². The number of aromatic amines is 1. The maximum atomic E-state index is 12.3. The molecule has 4 rings (SSSR count). The first kappa shape index (κ1) is 23.5. The fourth-order valence-electron chi connectivity index (χ4n) is 3.89. The van der Waals surface area contributed by atoms with Crippen molar-refractivity contribution in [2.75, 3.05) is 20.6 Å². The largest absolute Gasteiger partial charge is 0.494 e. The van der Waals surface area contributed by atoms with Crippen LogP contribution in [0.1, 0.15) is 34.0 Å². The summed E-state index contributed by atoms with van der Waals surface area (Å²) in [6, 6.07) is 20.7. The Hall–Kier alpha value is -3.61. The monoisotopic (exact) mass is 474 g/mol. The minimum absolute atomic E-state index is 0.0130. The summed E-state index contributed by atoms with van der Waals surface area (Å²) in [5.74, 6) is -0.176. The molecule has 6 nitrogen and oxygen atoms in total. The maximum absolute atomic E-state index is 12.3. The summed E-state index contributed by atoms with van der Waals surface area (Å²) in [6.45, 7) is 3.14. The van der Waals surface area contributed by atoms with Crippen molar-refractivity contribution < 1.29 is 9.90 Å². The fourth-order valence-corrected chi connectivity index (χ4v) is 4.13. The van der Waals surface area contributed by atoms with Gasteiger partial charge in [0.05, 0.1) is 17.0 Å². The minimum atomic E-state index is -0.163. The van der Waals surface area contributed by atoms with Crippen molar-refractivity contribution in [2.45, 2.75) is 13.5 Å². The zero-order valence-corrected chi connectivity index (χ0v) is 20.1. The van der Waals surface area contributed by atoms with E-state index in [0.29, 0.717) is 39.6 Å². The number of hydrogen-bond acceptors (Lipinski definition) is 4. The van der Waals surface area contributed by atoms with Crippen LogP contribution in [0.5, 0.6) is 5.88 Å². The van der Waals surface area contributed by atoms with Gasteiger partial charge in [0, 0.05) is 40.1 Å². The van der Waals surface area contributed by atoms with Gasteiger partial charge in [-0.3, -0.25) is 4.79 Å². The molecule has 1 amide bonds. The first-order chi connectivity index (χ1) is 16.4. The Morgan fingerprint density at radius 3 is 2.50 bits per heavy atom. The van der Waals surface area contributed by atoms with E-state index in [0.717, 1.165) is 23.1 Å². The van der Waals surface area contributed by atoms with Crippen LogP contribution < -0.4 is 5.32 Å². The Labute approximate surface area is 203 Å². The number of rotatable bonds is 7. The van der Waals surface area contributed by atoms with Crippen LogP contribution in [-0.4, -0.2) is 47.2 Å². The van der Waals surface area contributed by atoms with Gasteiger partial charge in [-0.2, -0.15) is 0 Å². The summed E-state index contributed by atoms with van der Waals surface area (Å²) < 4.78 is 0. The van der Waals surface area contributed by atoms with Crippen LogP contribution >= 0.6 is 11.6 Å². The maximum Gasteiger partial charge on any atom is 0.251 e. The van der Waals surface area contributed by atoms with Crippen molar-refractivity contribution in [1.29, 1.82) is 0 Å². The Balaban J connectivity index is 1.85. The number of hydrogen-bond donors (Lipinski definition) is 3. The minimum Gasteiger partial charge on any atom is -0.494 e. The van der Waals surface area contributed by atoms with Crippen molar-refractivity contribution in [3.8, 4) is 5.88 Å². The zero-order chi connectivity index (χ0) is 24.2. The van der Waals surface area contributed by atoms with Crippen LogP contribution in [-0.2, 0) is 6.54 Å². The average molecular weight is 475 g/mol. The number of nitrogens with one attached hydrogen (secondary N) is 2. The molecule has 0 saturated heterocycles. The van der Waals surface area contributed by atoms with Crippen molar-refractivity contribution in [3.63, 3.8) is 0 Å². The number of benzene rings is 3. The van der Waals surface area contributed by atoms with Crippen molar-refractivity contribution in [2.24, 2.45) is 4.99 Å². The molecule has 0 aliphatic rings. The molecule has 174 valence electrons. The summed E-state index contributed by atoms with van der Waals surface area (Å²) in [5, 5.41) is 15.1. The molecular weight excluding hydrogens is 448 g/mol. The highest BCUT2D eigenvalue weighted by molar-refractivity contribution is 6.31. The molecule has 0 fully saturated rings. The highest BCUT2D eigenvalue weighted by Gasteiger charge is 2.20. The number of aromatic hydroxyl groups is 1. The number of aliphatic imine (C=N–C) groups is 1. The molecule has 0 aliphatic heterocycles. The SMILES string of the molecule is CCNC(=O)c1ccc2c(C(=Nc3ccc(CN(C)C)c(Cl)c3)c3ccccc3)c(O)[nH]c2c1. The van der Waals surface area contributed by atoms with E-state index in [9.17, 15) is 9.90 Å². The van der Waals surface area contributed by atoms with Gasteiger partial charge in [-0.25, -0.2) is 4.99 Å². The van der Waals surface area contributed by atoms with Gasteiger partial charge < -0.3 is 20.3 Å². The van der Waals surface area contributed by atoms with Crippen LogP contribution in [0.25, 0.3) is 10.9 Å². The Bertz CT molecular complexity index is 1360. The second-order valence-corrected chi connectivity index (χ2v) is 8.72. The summed E-state index contributed by atoms with van der Waals surface area (Å²) in [4.78, 5) is 22.2. The smallest absolute Gasteiger partial charge is 0.251 e. The van der Waals surface area contributed by atoms with Crippen LogP contribution in [0.15, 0.2) is 71.7 Å². The topological polar surface area (TPSA) is 80.7 Å². The van der Waals surface area contributed by atoms with Crippen LogP contribution in [0.4, 0.5) is 5.69 Å². The van der Waals surface area contributed by atoms with Crippen LogP contribution in [0.3, 0.4) is 0 Å². The highest BCUT2D eigenvalue weighted by Crippen LogP contribution is 2.33. The molecule has 0 saturated carbocycles. The molecule has 1 heterocycles. The number of carbonyl (C=O) groups is 1. The van der Waals surface area contributed by atoms with Crippen molar-refractivity contribution >= 4 is 39.8 Å². The zero-order valence-electron chi connectivity index (χ0n) is 19.4. The van der Waals surface area contributed by atoms with Crippen molar-refractivity contribution in [1.82, 2.24) is 15.2 Å². The quantitative estimate of drug-likeness (QED) is 0.309. The third-order valence-corrected chi connectivity index (χ3v) is 5.78. The molecule has 0 bridgehead atoms. The fraction of sp³-hybridized carbons (Fsp3) is 0.185. The first-order valence-corrected chi connectivity index (χ1v) is 11.5. The van der Waals surface area contributed by atoms with Crippen molar-refractivity contribution in [3.05, 3.63) is 94.0 Å². The molecule has 0 atom stereocenters. The van der Waals surface area contributed by atoms with Crippen LogP contribution in [0, 0.1) is 0 Å². The van der Waals surface area contributed by atoms with E-state index in [1.807, 2.05) is 75.6 Å². The number of amides is 1. The average Bonchev–Trinajstić information content (AvgIpc) is 3.14. The van der Waals surface area contributed by atoms with E-state index in [1.54, 1.807) is 12.1 Å². The molecule has 0 spiro atoms. The predicted molar refractivity (Wildman–Crippen MR) is 139 cm³/mol. The molecule has 1 aromatic heterocycles. The highest BCUT2D eigenvalue weighted by atomic mass is 35.5. The van der Waals surface area contributed by atoms with E-state index in [1.165, 1.54) is 0 Å². The summed E-state index contributed by atoms with van der Waals surface area (Å²) in [6.07, 6.45) is 0. The first-order valence-electron chi connectivity index (χ1n) is 11.1. The van der Waals surface area contributed by atoms with Crippen LogP contribution in [0.2, 0.25) is 5.02 Å². The molecule has 0 unspecified atom stereocenters. The molecule has 0 aliphatic carbocycles. The van der Waals surface area contributed by atoms with Gasteiger partial charge in [0.1, 0.15) is 0 Å². The Morgan fingerprint density at radius 2 is 1.82 bits per heavy atom. The lowest BCUT2D eigenvalue weighted by atomic mass is 10.00. The Morgan fingerprint density at radius 1 is 1.06 bits per heavy atom. The van der Waals surface area contributed by atoms with E-state index < -0.39 is 0 Å².